The van der Waals surface area contributed by atoms with Crippen LogP contribution < -0.4 is 10.6 Å². The Hall–Kier alpha value is -2.81. The molecule has 0 aliphatic heterocycles. The van der Waals surface area contributed by atoms with Crippen LogP contribution in [0.5, 0.6) is 0 Å². The van der Waals surface area contributed by atoms with Gasteiger partial charge in [0, 0.05) is 26.0 Å². The van der Waals surface area contributed by atoms with Crippen LogP contribution in [0.1, 0.15) is 22.1 Å². The minimum atomic E-state index is -0.442. The van der Waals surface area contributed by atoms with Crippen LogP contribution in [0.3, 0.4) is 0 Å². The summed E-state index contributed by atoms with van der Waals surface area (Å²) in [4.78, 5) is 32.9. The molecular formula is C14H18N6O3. The van der Waals surface area contributed by atoms with Gasteiger partial charge in [0.15, 0.2) is 0 Å². The summed E-state index contributed by atoms with van der Waals surface area (Å²) in [5.41, 5.74) is 1.02. The maximum Gasteiger partial charge on any atom is 0.292 e. The van der Waals surface area contributed by atoms with E-state index in [1.54, 1.807) is 12.4 Å². The highest BCUT2D eigenvalue weighted by Crippen LogP contribution is 2.00. The molecule has 0 atom stereocenters. The number of aromatic nitrogens is 3. The standard InChI is InChI=1S/C14H18N6O3/c1-15-14(22)13-18-12(23-19-13)7-17-11(21)9-20(2)8-10-4-3-5-16-6-10/h3-6H,7-9H2,1-2H3,(H,15,22)(H,17,21). The van der Waals surface area contributed by atoms with Crippen molar-refractivity contribution < 1.29 is 14.1 Å². The number of nitrogens with one attached hydrogen (secondary N) is 2. The Labute approximate surface area is 133 Å². The van der Waals surface area contributed by atoms with Gasteiger partial charge in [0.05, 0.1) is 13.1 Å². The summed E-state index contributed by atoms with van der Waals surface area (Å²) in [6.45, 7) is 0.900. The SMILES string of the molecule is CNC(=O)c1noc(CNC(=O)CN(C)Cc2cccnc2)n1. The Morgan fingerprint density at radius 1 is 1.39 bits per heavy atom. The molecule has 0 saturated carbocycles. The summed E-state index contributed by atoms with van der Waals surface area (Å²) < 4.78 is 4.88. The molecule has 2 aromatic rings. The van der Waals surface area contributed by atoms with Crippen molar-refractivity contribution in [1.82, 2.24) is 30.7 Å². The van der Waals surface area contributed by atoms with Crippen LogP contribution in [0.25, 0.3) is 0 Å². The van der Waals surface area contributed by atoms with E-state index in [0.717, 1.165) is 5.56 Å². The van der Waals surface area contributed by atoms with Gasteiger partial charge in [-0.25, -0.2) is 0 Å². The quantitative estimate of drug-likeness (QED) is 0.712. The normalized spacial score (nSPS) is 10.6. The molecule has 2 aromatic heterocycles. The second-order valence-corrected chi connectivity index (χ2v) is 4.90. The lowest BCUT2D eigenvalue weighted by atomic mass is 10.3. The van der Waals surface area contributed by atoms with Crippen molar-refractivity contribution in [2.24, 2.45) is 0 Å². The van der Waals surface area contributed by atoms with Gasteiger partial charge in [-0.2, -0.15) is 4.98 Å². The average Bonchev–Trinajstić information content (AvgIpc) is 3.02. The van der Waals surface area contributed by atoms with E-state index in [2.05, 4.69) is 25.8 Å². The molecule has 2 rings (SSSR count). The second kappa shape index (κ2) is 7.99. The van der Waals surface area contributed by atoms with Gasteiger partial charge in [-0.1, -0.05) is 11.2 Å². The third kappa shape index (κ3) is 5.15. The van der Waals surface area contributed by atoms with Crippen LogP contribution in [-0.4, -0.2) is 52.5 Å². The largest absolute Gasteiger partial charge is 0.352 e. The summed E-state index contributed by atoms with van der Waals surface area (Å²) in [5.74, 6) is -0.518. The maximum atomic E-state index is 11.9. The Bertz CT molecular complexity index is 658. The minimum Gasteiger partial charge on any atom is -0.352 e. The van der Waals surface area contributed by atoms with Gasteiger partial charge in [-0.15, -0.1) is 0 Å². The fourth-order valence-electron chi connectivity index (χ4n) is 1.87. The summed E-state index contributed by atoms with van der Waals surface area (Å²) in [6, 6.07) is 3.79. The van der Waals surface area contributed by atoms with E-state index in [-0.39, 0.29) is 30.7 Å². The number of carbonyl (C=O) groups excluding carboxylic acids is 2. The van der Waals surface area contributed by atoms with Crippen molar-refractivity contribution >= 4 is 11.8 Å². The average molecular weight is 318 g/mol. The van der Waals surface area contributed by atoms with Crippen LogP contribution >= 0.6 is 0 Å². The minimum absolute atomic E-state index is 0.0644. The Balaban J connectivity index is 1.76. The molecule has 122 valence electrons. The van der Waals surface area contributed by atoms with Gasteiger partial charge in [-0.05, 0) is 18.7 Å². The van der Waals surface area contributed by atoms with E-state index in [1.165, 1.54) is 7.05 Å². The molecule has 9 nitrogen and oxygen atoms in total. The van der Waals surface area contributed by atoms with Gasteiger partial charge < -0.3 is 15.2 Å². The number of amides is 2. The third-order valence-electron chi connectivity index (χ3n) is 2.92. The number of nitrogens with zero attached hydrogens (tertiary/aromatic N) is 4. The zero-order valence-corrected chi connectivity index (χ0v) is 12.9. The van der Waals surface area contributed by atoms with E-state index < -0.39 is 5.91 Å². The lowest BCUT2D eigenvalue weighted by molar-refractivity contribution is -0.122. The van der Waals surface area contributed by atoms with Crippen LogP contribution in [0.15, 0.2) is 29.0 Å². The molecule has 0 saturated heterocycles. The lowest BCUT2D eigenvalue weighted by Gasteiger charge is -2.15. The predicted molar refractivity (Wildman–Crippen MR) is 80.1 cm³/mol. The highest BCUT2D eigenvalue weighted by Gasteiger charge is 2.14. The topological polar surface area (TPSA) is 113 Å². The van der Waals surface area contributed by atoms with Crippen molar-refractivity contribution in [2.75, 3.05) is 20.6 Å². The summed E-state index contributed by atoms with van der Waals surface area (Å²) >= 11 is 0. The monoisotopic (exact) mass is 318 g/mol. The maximum absolute atomic E-state index is 11.9. The molecule has 0 aliphatic carbocycles. The Morgan fingerprint density at radius 2 is 2.22 bits per heavy atom. The van der Waals surface area contributed by atoms with Crippen LogP contribution in [-0.2, 0) is 17.9 Å². The molecule has 0 spiro atoms. The first-order valence-electron chi connectivity index (χ1n) is 6.97. The molecule has 2 N–H and O–H groups in total. The lowest BCUT2D eigenvalue weighted by Crippen LogP contribution is -2.34. The number of pyridine rings is 1. The number of rotatable bonds is 7. The smallest absolute Gasteiger partial charge is 0.292 e. The van der Waals surface area contributed by atoms with Gasteiger partial charge in [0.1, 0.15) is 0 Å². The molecule has 0 unspecified atom stereocenters. The first-order chi connectivity index (χ1) is 11.1. The van der Waals surface area contributed by atoms with E-state index >= 15 is 0 Å². The number of hydrogen-bond donors (Lipinski definition) is 2. The van der Waals surface area contributed by atoms with Gasteiger partial charge in [0.25, 0.3) is 11.7 Å². The first-order valence-corrected chi connectivity index (χ1v) is 6.97. The zero-order valence-electron chi connectivity index (χ0n) is 12.9. The highest BCUT2D eigenvalue weighted by molar-refractivity contribution is 5.89. The number of hydrogen-bond acceptors (Lipinski definition) is 7. The van der Waals surface area contributed by atoms with Crippen LogP contribution in [0, 0.1) is 0 Å². The van der Waals surface area contributed by atoms with Crippen molar-refractivity contribution in [3.8, 4) is 0 Å². The molecule has 2 heterocycles. The van der Waals surface area contributed by atoms with E-state index in [1.807, 2.05) is 24.1 Å². The van der Waals surface area contributed by atoms with Gasteiger partial charge >= 0.3 is 0 Å². The predicted octanol–water partition coefficient (Wildman–Crippen LogP) is -0.428. The fraction of sp³-hybridized carbons (Fsp3) is 0.357. The van der Waals surface area contributed by atoms with Gasteiger partial charge in [-0.3, -0.25) is 19.5 Å². The van der Waals surface area contributed by atoms with Crippen LogP contribution in [0.4, 0.5) is 0 Å². The van der Waals surface area contributed by atoms with Crippen molar-refractivity contribution in [3.63, 3.8) is 0 Å². The molecule has 2 amide bonds. The molecule has 0 radical (unpaired) electrons. The molecule has 0 fully saturated rings. The first kappa shape index (κ1) is 16.6. The molecule has 0 aromatic carbocycles. The van der Waals surface area contributed by atoms with Crippen molar-refractivity contribution in [1.29, 1.82) is 0 Å². The molecule has 23 heavy (non-hydrogen) atoms. The van der Waals surface area contributed by atoms with Crippen molar-refractivity contribution in [3.05, 3.63) is 41.8 Å². The summed E-state index contributed by atoms with van der Waals surface area (Å²) in [5, 5.41) is 8.56. The van der Waals surface area contributed by atoms with E-state index in [4.69, 9.17) is 4.52 Å². The number of likely N-dealkylation sites (N-methyl/N-ethyl adjacent to an activating group) is 1. The number of carbonyl (C=O) groups is 2. The highest BCUT2D eigenvalue weighted by atomic mass is 16.5. The molecule has 9 heteroatoms. The second-order valence-electron chi connectivity index (χ2n) is 4.90. The third-order valence-corrected chi connectivity index (χ3v) is 2.92. The molecule has 0 aliphatic rings. The summed E-state index contributed by atoms with van der Waals surface area (Å²) in [7, 11) is 3.31. The summed E-state index contributed by atoms with van der Waals surface area (Å²) in [6.07, 6.45) is 3.46. The van der Waals surface area contributed by atoms with Gasteiger partial charge in [0.2, 0.25) is 11.8 Å². The Morgan fingerprint density at radius 3 is 2.91 bits per heavy atom. The zero-order chi connectivity index (χ0) is 16.7. The Kier molecular flexibility index (Phi) is 5.75. The molecule has 0 bridgehead atoms. The fourth-order valence-corrected chi connectivity index (χ4v) is 1.87. The van der Waals surface area contributed by atoms with E-state index in [0.29, 0.717) is 6.54 Å². The molecular weight excluding hydrogens is 300 g/mol. The van der Waals surface area contributed by atoms with Crippen molar-refractivity contribution in [2.45, 2.75) is 13.1 Å². The van der Waals surface area contributed by atoms with Crippen LogP contribution in [0.2, 0.25) is 0 Å². The van der Waals surface area contributed by atoms with E-state index in [9.17, 15) is 9.59 Å².